The topological polar surface area (TPSA) is 67.2 Å². The summed E-state index contributed by atoms with van der Waals surface area (Å²) in [4.78, 5) is 30.6. The molecular weight excluding hydrogens is 340 g/mol. The number of hydrogen-bond acceptors (Lipinski definition) is 3. The van der Waals surface area contributed by atoms with Crippen LogP contribution in [-0.4, -0.2) is 39.9 Å². The van der Waals surface area contributed by atoms with Gasteiger partial charge in [-0.05, 0) is 41.8 Å². The Kier molecular flexibility index (Phi) is 4.46. The van der Waals surface area contributed by atoms with E-state index in [9.17, 15) is 9.59 Å². The number of anilines is 1. The van der Waals surface area contributed by atoms with Gasteiger partial charge < -0.3 is 14.8 Å². The standard InChI is InChI=1S/C21H20N4O2/c1-24-10-8-16-6-7-18(12-19(16)21(24)27)23-20(26)17-4-2-15(3-5-17)13-25-11-9-22-14-25/h2-7,9,11-12,14H,8,10,13H2,1H3,(H,23,26). The Bertz CT molecular complexity index is 978. The molecule has 3 aromatic rings. The van der Waals surface area contributed by atoms with E-state index in [2.05, 4.69) is 10.3 Å². The number of aromatic nitrogens is 2. The van der Waals surface area contributed by atoms with Crippen molar-refractivity contribution in [3.8, 4) is 0 Å². The van der Waals surface area contributed by atoms with Crippen molar-refractivity contribution < 1.29 is 9.59 Å². The van der Waals surface area contributed by atoms with Crippen LogP contribution in [0.3, 0.4) is 0 Å². The molecule has 0 atom stereocenters. The highest BCUT2D eigenvalue weighted by molar-refractivity contribution is 6.05. The van der Waals surface area contributed by atoms with Crippen molar-refractivity contribution in [3.63, 3.8) is 0 Å². The second kappa shape index (κ2) is 7.07. The minimum atomic E-state index is -0.194. The molecule has 1 aliphatic rings. The predicted molar refractivity (Wildman–Crippen MR) is 103 cm³/mol. The summed E-state index contributed by atoms with van der Waals surface area (Å²) in [5.74, 6) is -0.197. The lowest BCUT2D eigenvalue weighted by molar-refractivity contribution is 0.0780. The number of carbonyl (C=O) groups excluding carboxylic acids is 2. The minimum absolute atomic E-state index is 0.00352. The van der Waals surface area contributed by atoms with E-state index in [4.69, 9.17) is 0 Å². The first-order chi connectivity index (χ1) is 13.1. The normalized spacial score (nSPS) is 13.4. The molecular formula is C21H20N4O2. The Balaban J connectivity index is 1.47. The van der Waals surface area contributed by atoms with Crippen molar-refractivity contribution in [2.24, 2.45) is 0 Å². The third kappa shape index (κ3) is 3.60. The number of amides is 2. The van der Waals surface area contributed by atoms with E-state index >= 15 is 0 Å². The molecule has 6 heteroatoms. The quantitative estimate of drug-likeness (QED) is 0.778. The minimum Gasteiger partial charge on any atom is -0.341 e. The molecule has 27 heavy (non-hydrogen) atoms. The second-order valence-corrected chi connectivity index (χ2v) is 6.73. The first-order valence-corrected chi connectivity index (χ1v) is 8.84. The summed E-state index contributed by atoms with van der Waals surface area (Å²) in [6, 6.07) is 13.0. The van der Waals surface area contributed by atoms with Gasteiger partial charge in [0, 0.05) is 49.3 Å². The zero-order chi connectivity index (χ0) is 18.8. The number of nitrogens with one attached hydrogen (secondary N) is 1. The summed E-state index contributed by atoms with van der Waals surface area (Å²) in [6.07, 6.45) is 6.23. The van der Waals surface area contributed by atoms with Crippen LogP contribution in [0.25, 0.3) is 0 Å². The van der Waals surface area contributed by atoms with Gasteiger partial charge in [-0.3, -0.25) is 9.59 Å². The lowest BCUT2D eigenvalue weighted by Crippen LogP contribution is -2.34. The van der Waals surface area contributed by atoms with Crippen molar-refractivity contribution >= 4 is 17.5 Å². The molecule has 1 aliphatic heterocycles. The van der Waals surface area contributed by atoms with E-state index in [0.717, 1.165) is 24.1 Å². The molecule has 1 aromatic heterocycles. The predicted octanol–water partition coefficient (Wildman–Crippen LogP) is 2.81. The molecule has 0 aliphatic carbocycles. The second-order valence-electron chi connectivity index (χ2n) is 6.73. The molecule has 0 radical (unpaired) electrons. The van der Waals surface area contributed by atoms with Crippen molar-refractivity contribution in [2.75, 3.05) is 18.9 Å². The molecule has 0 fully saturated rings. The molecule has 2 heterocycles. The fourth-order valence-electron chi connectivity index (χ4n) is 3.22. The first-order valence-electron chi connectivity index (χ1n) is 8.84. The summed E-state index contributed by atoms with van der Waals surface area (Å²) >= 11 is 0. The Morgan fingerprint density at radius 3 is 2.74 bits per heavy atom. The van der Waals surface area contributed by atoms with Gasteiger partial charge in [0.05, 0.1) is 6.33 Å². The molecule has 4 rings (SSSR count). The molecule has 0 bridgehead atoms. The molecule has 0 spiro atoms. The van der Waals surface area contributed by atoms with Crippen molar-refractivity contribution in [1.82, 2.24) is 14.5 Å². The number of nitrogens with zero attached hydrogens (tertiary/aromatic N) is 3. The van der Waals surface area contributed by atoms with E-state index < -0.39 is 0 Å². The largest absolute Gasteiger partial charge is 0.341 e. The number of fused-ring (bicyclic) bond motifs is 1. The highest BCUT2D eigenvalue weighted by Gasteiger charge is 2.21. The maximum Gasteiger partial charge on any atom is 0.255 e. The average molecular weight is 360 g/mol. The molecule has 0 unspecified atom stereocenters. The smallest absolute Gasteiger partial charge is 0.255 e. The highest BCUT2D eigenvalue weighted by Crippen LogP contribution is 2.22. The van der Waals surface area contributed by atoms with Gasteiger partial charge in [0.15, 0.2) is 0 Å². The van der Waals surface area contributed by atoms with Crippen LogP contribution in [0.5, 0.6) is 0 Å². The highest BCUT2D eigenvalue weighted by atomic mass is 16.2. The first kappa shape index (κ1) is 17.0. The SMILES string of the molecule is CN1CCc2ccc(NC(=O)c3ccc(Cn4ccnc4)cc3)cc2C1=O. The summed E-state index contributed by atoms with van der Waals surface area (Å²) in [5, 5.41) is 2.88. The van der Waals surface area contributed by atoms with Gasteiger partial charge in [-0.15, -0.1) is 0 Å². The Morgan fingerprint density at radius 2 is 2.00 bits per heavy atom. The van der Waals surface area contributed by atoms with Crippen LogP contribution in [0.1, 0.15) is 31.8 Å². The molecule has 2 amide bonds. The summed E-state index contributed by atoms with van der Waals surface area (Å²) in [5.41, 5.74) is 3.99. The fraction of sp³-hybridized carbons (Fsp3) is 0.190. The summed E-state index contributed by atoms with van der Waals surface area (Å²) < 4.78 is 1.97. The number of benzene rings is 2. The summed E-state index contributed by atoms with van der Waals surface area (Å²) in [6.45, 7) is 1.44. The van der Waals surface area contributed by atoms with Crippen LogP contribution in [0, 0.1) is 0 Å². The number of rotatable bonds is 4. The maximum absolute atomic E-state index is 12.5. The van der Waals surface area contributed by atoms with Crippen LogP contribution < -0.4 is 5.32 Å². The van der Waals surface area contributed by atoms with Crippen LogP contribution >= 0.6 is 0 Å². The number of imidazole rings is 1. The van der Waals surface area contributed by atoms with Gasteiger partial charge in [0.2, 0.25) is 0 Å². The molecule has 136 valence electrons. The summed E-state index contributed by atoms with van der Waals surface area (Å²) in [7, 11) is 1.79. The van der Waals surface area contributed by atoms with Gasteiger partial charge in [0.1, 0.15) is 0 Å². The Hall–Kier alpha value is -3.41. The van der Waals surface area contributed by atoms with Gasteiger partial charge in [0.25, 0.3) is 11.8 Å². The van der Waals surface area contributed by atoms with Crippen molar-refractivity contribution in [2.45, 2.75) is 13.0 Å². The van der Waals surface area contributed by atoms with Crippen molar-refractivity contribution in [1.29, 1.82) is 0 Å². The number of hydrogen-bond donors (Lipinski definition) is 1. The number of carbonyl (C=O) groups is 2. The zero-order valence-electron chi connectivity index (χ0n) is 15.1. The maximum atomic E-state index is 12.5. The molecule has 2 aromatic carbocycles. The molecule has 0 saturated heterocycles. The van der Waals surface area contributed by atoms with E-state index in [1.54, 1.807) is 42.7 Å². The van der Waals surface area contributed by atoms with E-state index in [-0.39, 0.29) is 11.8 Å². The molecule has 0 saturated carbocycles. The third-order valence-corrected chi connectivity index (χ3v) is 4.80. The van der Waals surface area contributed by atoms with Crippen LogP contribution in [0.2, 0.25) is 0 Å². The van der Waals surface area contributed by atoms with Gasteiger partial charge in [-0.2, -0.15) is 0 Å². The average Bonchev–Trinajstić information content (AvgIpc) is 3.19. The van der Waals surface area contributed by atoms with E-state index in [0.29, 0.717) is 23.4 Å². The van der Waals surface area contributed by atoms with E-state index in [1.165, 1.54) is 0 Å². The van der Waals surface area contributed by atoms with Gasteiger partial charge in [-0.1, -0.05) is 18.2 Å². The Morgan fingerprint density at radius 1 is 1.19 bits per heavy atom. The van der Waals surface area contributed by atoms with Crippen LogP contribution in [0.15, 0.2) is 61.2 Å². The van der Waals surface area contributed by atoms with Crippen molar-refractivity contribution in [3.05, 3.63) is 83.4 Å². The molecule has 6 nitrogen and oxygen atoms in total. The van der Waals surface area contributed by atoms with Crippen LogP contribution in [-0.2, 0) is 13.0 Å². The number of likely N-dealkylation sites (N-methyl/N-ethyl adjacent to an activating group) is 1. The van der Waals surface area contributed by atoms with Gasteiger partial charge >= 0.3 is 0 Å². The van der Waals surface area contributed by atoms with Gasteiger partial charge in [-0.25, -0.2) is 4.98 Å². The fourth-order valence-corrected chi connectivity index (χ4v) is 3.22. The molecule has 1 N–H and O–H groups in total. The monoisotopic (exact) mass is 360 g/mol. The lowest BCUT2D eigenvalue weighted by Gasteiger charge is -2.25. The lowest BCUT2D eigenvalue weighted by atomic mass is 9.98. The zero-order valence-corrected chi connectivity index (χ0v) is 15.1. The third-order valence-electron chi connectivity index (χ3n) is 4.80. The Labute approximate surface area is 157 Å². The van der Waals surface area contributed by atoms with E-state index in [1.807, 2.05) is 35.0 Å². The van der Waals surface area contributed by atoms with Crippen LogP contribution in [0.4, 0.5) is 5.69 Å².